The molecule has 4 nitrogen and oxygen atoms in total. The Kier molecular flexibility index (Phi) is 7.04. The fourth-order valence-corrected chi connectivity index (χ4v) is 8.96. The minimum atomic E-state index is -0.530. The third kappa shape index (κ3) is 4.78. The van der Waals surface area contributed by atoms with E-state index < -0.39 is 5.41 Å². The zero-order chi connectivity index (χ0) is 36.3. The van der Waals surface area contributed by atoms with E-state index in [1.807, 2.05) is 49.1 Å². The Balaban J connectivity index is 1.16. The quantitative estimate of drug-likeness (QED) is 0.183. The van der Waals surface area contributed by atoms with Crippen molar-refractivity contribution in [3.05, 3.63) is 217 Å². The Morgan fingerprint density at radius 1 is 0.291 bits per heavy atom. The SMILES string of the molecule is c1ccc2c(c1)-c1ccccc1C1(c3ccc(-c4nc(-c5ccncc5)cc(-c5ccc(-c6ccncc6)cc5)n4)cc3-2)c2ccccc2-c2ccccc21. The highest BCUT2D eigenvalue weighted by molar-refractivity contribution is 5.98. The third-order valence-electron chi connectivity index (χ3n) is 11.4. The van der Waals surface area contributed by atoms with Gasteiger partial charge < -0.3 is 0 Å². The van der Waals surface area contributed by atoms with Crippen LogP contribution in [0.4, 0.5) is 0 Å². The molecule has 4 heteroatoms. The Bertz CT molecular complexity index is 2870. The number of rotatable bonds is 4. The molecule has 256 valence electrons. The van der Waals surface area contributed by atoms with E-state index in [9.17, 15) is 0 Å². The van der Waals surface area contributed by atoms with Crippen LogP contribution in [0.15, 0.2) is 195 Å². The number of fused-ring (bicyclic) bond motifs is 12. The molecule has 0 atom stereocenters. The van der Waals surface area contributed by atoms with Crippen molar-refractivity contribution >= 4 is 0 Å². The summed E-state index contributed by atoms with van der Waals surface area (Å²) in [5.41, 5.74) is 18.9. The molecule has 0 amide bonds. The molecule has 11 rings (SSSR count). The van der Waals surface area contributed by atoms with Crippen LogP contribution >= 0.6 is 0 Å². The van der Waals surface area contributed by atoms with E-state index in [0.717, 1.165) is 39.2 Å². The van der Waals surface area contributed by atoms with E-state index in [1.165, 1.54) is 55.6 Å². The predicted octanol–water partition coefficient (Wildman–Crippen LogP) is 11.9. The fraction of sp³-hybridized carbons (Fsp3) is 0.0196. The van der Waals surface area contributed by atoms with Crippen molar-refractivity contribution in [1.82, 2.24) is 19.9 Å². The fourth-order valence-electron chi connectivity index (χ4n) is 8.96. The van der Waals surface area contributed by atoms with Crippen molar-refractivity contribution in [3.8, 4) is 78.4 Å². The van der Waals surface area contributed by atoms with Gasteiger partial charge in [0, 0.05) is 41.5 Å². The minimum absolute atomic E-state index is 0.530. The molecule has 0 bridgehead atoms. The molecule has 0 fully saturated rings. The molecular formula is C51H32N4. The Labute approximate surface area is 319 Å². The number of hydrogen-bond donors (Lipinski definition) is 0. The smallest absolute Gasteiger partial charge is 0.160 e. The topological polar surface area (TPSA) is 51.6 Å². The molecule has 0 radical (unpaired) electrons. The molecule has 0 saturated heterocycles. The van der Waals surface area contributed by atoms with E-state index in [1.54, 1.807) is 0 Å². The minimum Gasteiger partial charge on any atom is -0.265 e. The van der Waals surface area contributed by atoms with E-state index in [0.29, 0.717) is 5.82 Å². The normalized spacial score (nSPS) is 12.9. The number of hydrogen-bond acceptors (Lipinski definition) is 4. The van der Waals surface area contributed by atoms with Crippen molar-refractivity contribution in [2.24, 2.45) is 0 Å². The monoisotopic (exact) mass is 700 g/mol. The standard InChI is InChI=1S/C51H32N4/c1-2-10-39-38(9-1)40-11-3-6-14-44(40)51(45-15-7-4-12-41(45)42-13-5-8-16-46(42)51)47-22-21-37(31-43(39)47)50-54-48(32-49(55-50)36-25-29-53-30-26-36)35-19-17-33(18-20-35)34-23-27-52-28-24-34/h1-32H. The van der Waals surface area contributed by atoms with Crippen LogP contribution in [0.5, 0.6) is 0 Å². The molecule has 2 aliphatic rings. The van der Waals surface area contributed by atoms with Crippen LogP contribution in [0.25, 0.3) is 78.4 Å². The highest BCUT2D eigenvalue weighted by Crippen LogP contribution is 2.61. The van der Waals surface area contributed by atoms with Crippen LogP contribution in [-0.2, 0) is 5.41 Å². The van der Waals surface area contributed by atoms with Crippen LogP contribution in [0.3, 0.4) is 0 Å². The van der Waals surface area contributed by atoms with Gasteiger partial charge in [0.2, 0.25) is 0 Å². The first kappa shape index (κ1) is 31.2. The highest BCUT2D eigenvalue weighted by atomic mass is 14.9. The van der Waals surface area contributed by atoms with Crippen molar-refractivity contribution in [2.75, 3.05) is 0 Å². The van der Waals surface area contributed by atoms with E-state index >= 15 is 0 Å². The van der Waals surface area contributed by atoms with Gasteiger partial charge in [-0.1, -0.05) is 133 Å². The summed E-state index contributed by atoms with van der Waals surface area (Å²) < 4.78 is 0. The maximum absolute atomic E-state index is 5.29. The third-order valence-corrected chi connectivity index (χ3v) is 11.4. The van der Waals surface area contributed by atoms with Crippen molar-refractivity contribution in [1.29, 1.82) is 0 Å². The van der Waals surface area contributed by atoms with Crippen molar-refractivity contribution < 1.29 is 0 Å². The van der Waals surface area contributed by atoms with E-state index in [4.69, 9.17) is 9.97 Å². The van der Waals surface area contributed by atoms with Gasteiger partial charge in [-0.2, -0.15) is 0 Å². The van der Waals surface area contributed by atoms with Gasteiger partial charge in [0.1, 0.15) is 0 Å². The summed E-state index contributed by atoms with van der Waals surface area (Å²) in [6.07, 6.45) is 7.28. The molecule has 3 heterocycles. The first-order valence-corrected chi connectivity index (χ1v) is 18.6. The van der Waals surface area contributed by atoms with Gasteiger partial charge in [0.05, 0.1) is 16.8 Å². The highest BCUT2D eigenvalue weighted by Gasteiger charge is 2.49. The van der Waals surface area contributed by atoms with E-state index in [-0.39, 0.29) is 0 Å². The van der Waals surface area contributed by atoms with Gasteiger partial charge in [-0.15, -0.1) is 0 Å². The lowest BCUT2D eigenvalue weighted by molar-refractivity contribution is 0.775. The summed E-state index contributed by atoms with van der Waals surface area (Å²) in [6, 6.07) is 61.3. The molecule has 6 aromatic carbocycles. The molecule has 2 aliphatic carbocycles. The number of aromatic nitrogens is 4. The summed E-state index contributed by atoms with van der Waals surface area (Å²) in [6.45, 7) is 0. The van der Waals surface area contributed by atoms with Crippen molar-refractivity contribution in [2.45, 2.75) is 5.41 Å². The number of benzene rings is 6. The average molecular weight is 701 g/mol. The average Bonchev–Trinajstić information content (AvgIpc) is 3.52. The van der Waals surface area contributed by atoms with Gasteiger partial charge in [-0.3, -0.25) is 9.97 Å². The molecule has 0 saturated carbocycles. The maximum atomic E-state index is 5.29. The molecule has 0 N–H and O–H groups in total. The van der Waals surface area contributed by atoms with Crippen LogP contribution in [-0.4, -0.2) is 19.9 Å². The second kappa shape index (κ2) is 12.4. The van der Waals surface area contributed by atoms with E-state index in [2.05, 4.69) is 156 Å². The van der Waals surface area contributed by atoms with Crippen LogP contribution < -0.4 is 0 Å². The summed E-state index contributed by atoms with van der Waals surface area (Å²) in [5, 5.41) is 0. The molecule has 3 aromatic heterocycles. The lowest BCUT2D eigenvalue weighted by atomic mass is 9.66. The van der Waals surface area contributed by atoms with Crippen LogP contribution in [0, 0.1) is 0 Å². The Hall–Kier alpha value is -7.30. The largest absolute Gasteiger partial charge is 0.265 e. The zero-order valence-electron chi connectivity index (χ0n) is 29.8. The molecule has 9 aromatic rings. The van der Waals surface area contributed by atoms with Crippen molar-refractivity contribution in [3.63, 3.8) is 0 Å². The van der Waals surface area contributed by atoms with Gasteiger partial charge in [-0.25, -0.2) is 9.97 Å². The summed E-state index contributed by atoms with van der Waals surface area (Å²) in [5.74, 6) is 0.672. The molecule has 55 heavy (non-hydrogen) atoms. The Morgan fingerprint density at radius 3 is 1.24 bits per heavy atom. The first-order valence-electron chi connectivity index (χ1n) is 18.6. The maximum Gasteiger partial charge on any atom is 0.160 e. The van der Waals surface area contributed by atoms with Gasteiger partial charge in [0.15, 0.2) is 5.82 Å². The second-order valence-electron chi connectivity index (χ2n) is 14.2. The lowest BCUT2D eigenvalue weighted by Crippen LogP contribution is -2.29. The van der Waals surface area contributed by atoms with Gasteiger partial charge >= 0.3 is 0 Å². The predicted molar refractivity (Wildman–Crippen MR) is 221 cm³/mol. The Morgan fingerprint density at radius 2 is 0.673 bits per heavy atom. The first-order chi connectivity index (χ1) is 27.3. The van der Waals surface area contributed by atoms with Crippen LogP contribution in [0.2, 0.25) is 0 Å². The number of pyridine rings is 2. The lowest BCUT2D eigenvalue weighted by Gasteiger charge is -2.35. The zero-order valence-corrected chi connectivity index (χ0v) is 29.8. The summed E-state index contributed by atoms with van der Waals surface area (Å²) in [4.78, 5) is 19.0. The molecule has 1 spiro atoms. The summed E-state index contributed by atoms with van der Waals surface area (Å²) in [7, 11) is 0. The van der Waals surface area contributed by atoms with Gasteiger partial charge in [-0.05, 0) is 103 Å². The molecule has 0 aliphatic heterocycles. The van der Waals surface area contributed by atoms with Gasteiger partial charge in [0.25, 0.3) is 0 Å². The van der Waals surface area contributed by atoms with Crippen LogP contribution in [0.1, 0.15) is 22.3 Å². The second-order valence-corrected chi connectivity index (χ2v) is 14.2. The summed E-state index contributed by atoms with van der Waals surface area (Å²) >= 11 is 0. The molecular weight excluding hydrogens is 669 g/mol. The molecule has 0 unspecified atom stereocenters. The number of nitrogens with zero attached hydrogens (tertiary/aromatic N) is 4.